The highest BCUT2D eigenvalue weighted by atomic mass is 16.6. The van der Waals surface area contributed by atoms with Crippen LogP contribution in [0.5, 0.6) is 0 Å². The molecule has 0 heterocycles. The van der Waals surface area contributed by atoms with Gasteiger partial charge in [-0.25, -0.2) is 14.4 Å². The fourth-order valence-corrected chi connectivity index (χ4v) is 6.36. The fourth-order valence-electron chi connectivity index (χ4n) is 6.36. The minimum atomic E-state index is -0.708. The third-order valence-corrected chi connectivity index (χ3v) is 9.57. The van der Waals surface area contributed by atoms with Crippen LogP contribution in [0.1, 0.15) is 113 Å². The molecule has 9 nitrogen and oxygen atoms in total. The first-order valence-electron chi connectivity index (χ1n) is 19.7. The summed E-state index contributed by atoms with van der Waals surface area (Å²) in [6, 6.07) is 22.8. The maximum atomic E-state index is 14.4. The third kappa shape index (κ3) is 15.3. The summed E-state index contributed by atoms with van der Waals surface area (Å²) >= 11 is 0. The molecule has 0 bridgehead atoms. The van der Waals surface area contributed by atoms with Crippen LogP contribution in [0.4, 0.5) is 21.0 Å². The van der Waals surface area contributed by atoms with Crippen LogP contribution in [0.15, 0.2) is 72.8 Å². The SMILES string of the molecule is CCCCCCCN(CC(c1ccc(CC(OCC)C(=O)OC)cc1)N(CCCCCCC)C(=O)Nc1ccc(C)cc1)C(=O)Nc1ccc(C)cc1. The quantitative estimate of drug-likeness (QED) is 0.0748. The molecule has 2 unspecified atom stereocenters. The van der Waals surface area contributed by atoms with Gasteiger partial charge in [0.05, 0.1) is 13.2 Å². The van der Waals surface area contributed by atoms with Crippen molar-refractivity contribution in [3.8, 4) is 0 Å². The van der Waals surface area contributed by atoms with E-state index in [1.165, 1.54) is 7.11 Å². The monoisotopic (exact) mass is 728 g/mol. The number of amides is 4. The van der Waals surface area contributed by atoms with Crippen LogP contribution in [-0.4, -0.2) is 67.3 Å². The van der Waals surface area contributed by atoms with Gasteiger partial charge in [-0.1, -0.05) is 125 Å². The molecule has 0 saturated heterocycles. The van der Waals surface area contributed by atoms with Gasteiger partial charge in [0, 0.05) is 44.0 Å². The lowest BCUT2D eigenvalue weighted by atomic mass is 9.99. The molecule has 53 heavy (non-hydrogen) atoms. The molecule has 0 spiro atoms. The molecule has 2 N–H and O–H groups in total. The van der Waals surface area contributed by atoms with Gasteiger partial charge in [0.15, 0.2) is 6.10 Å². The van der Waals surface area contributed by atoms with E-state index < -0.39 is 18.1 Å². The molecular formula is C44H64N4O5. The summed E-state index contributed by atoms with van der Waals surface area (Å²) in [5.41, 5.74) is 5.51. The summed E-state index contributed by atoms with van der Waals surface area (Å²) in [5, 5.41) is 6.28. The van der Waals surface area contributed by atoms with E-state index in [0.29, 0.717) is 32.7 Å². The van der Waals surface area contributed by atoms with Crippen molar-refractivity contribution in [3.05, 3.63) is 95.1 Å². The predicted molar refractivity (Wildman–Crippen MR) is 217 cm³/mol. The van der Waals surface area contributed by atoms with Gasteiger partial charge in [-0.15, -0.1) is 0 Å². The molecule has 0 fully saturated rings. The summed E-state index contributed by atoms with van der Waals surface area (Å²) < 4.78 is 10.7. The second-order valence-electron chi connectivity index (χ2n) is 14.0. The van der Waals surface area contributed by atoms with Crippen molar-refractivity contribution >= 4 is 29.4 Å². The average molecular weight is 729 g/mol. The largest absolute Gasteiger partial charge is 0.467 e. The zero-order valence-corrected chi connectivity index (χ0v) is 33.1. The minimum absolute atomic E-state index is 0.189. The third-order valence-electron chi connectivity index (χ3n) is 9.57. The van der Waals surface area contributed by atoms with E-state index in [9.17, 15) is 14.4 Å². The Morgan fingerprint density at radius 2 is 1.15 bits per heavy atom. The topological polar surface area (TPSA) is 100 Å². The lowest BCUT2D eigenvalue weighted by Crippen LogP contribution is -2.46. The molecule has 3 aromatic rings. The van der Waals surface area contributed by atoms with Crippen LogP contribution in [0.2, 0.25) is 0 Å². The summed E-state index contributed by atoms with van der Waals surface area (Å²) in [6.07, 6.45) is 10.2. The second-order valence-corrected chi connectivity index (χ2v) is 14.0. The number of hydrogen-bond donors (Lipinski definition) is 2. The maximum Gasteiger partial charge on any atom is 0.335 e. The van der Waals surface area contributed by atoms with Gasteiger partial charge in [0.25, 0.3) is 0 Å². The number of carbonyl (C=O) groups excluding carboxylic acids is 3. The van der Waals surface area contributed by atoms with E-state index in [1.54, 1.807) is 0 Å². The molecule has 0 aromatic heterocycles. The van der Waals surface area contributed by atoms with E-state index in [2.05, 4.69) is 24.5 Å². The van der Waals surface area contributed by atoms with Gasteiger partial charge < -0.3 is 29.9 Å². The van der Waals surface area contributed by atoms with Gasteiger partial charge >= 0.3 is 18.0 Å². The molecule has 3 rings (SSSR count). The summed E-state index contributed by atoms with van der Waals surface area (Å²) in [7, 11) is 1.37. The number of nitrogens with one attached hydrogen (secondary N) is 2. The molecule has 0 aliphatic heterocycles. The Labute approximate surface area is 318 Å². The van der Waals surface area contributed by atoms with Crippen molar-refractivity contribution in [2.24, 2.45) is 0 Å². The van der Waals surface area contributed by atoms with Gasteiger partial charge in [-0.3, -0.25) is 0 Å². The summed E-state index contributed by atoms with van der Waals surface area (Å²) in [5.74, 6) is -0.412. The average Bonchev–Trinajstić information content (AvgIpc) is 3.16. The van der Waals surface area contributed by atoms with Crippen LogP contribution in [0, 0.1) is 13.8 Å². The first-order chi connectivity index (χ1) is 25.7. The number of methoxy groups -OCH3 is 1. The molecular weight excluding hydrogens is 665 g/mol. The first kappa shape index (κ1) is 43.0. The van der Waals surface area contributed by atoms with E-state index in [-0.39, 0.29) is 12.1 Å². The molecule has 9 heteroatoms. The molecule has 4 amide bonds. The Balaban J connectivity index is 2.03. The molecule has 0 saturated carbocycles. The second kappa shape index (κ2) is 24.0. The van der Waals surface area contributed by atoms with Gasteiger partial charge in [-0.05, 0) is 69.0 Å². The normalized spacial score (nSPS) is 12.1. The number of benzene rings is 3. The van der Waals surface area contributed by atoms with Gasteiger partial charge in [0.2, 0.25) is 0 Å². The number of anilines is 2. The smallest absolute Gasteiger partial charge is 0.335 e. The van der Waals surface area contributed by atoms with Gasteiger partial charge in [0.1, 0.15) is 0 Å². The number of carbonyl (C=O) groups is 3. The van der Waals surface area contributed by atoms with E-state index in [0.717, 1.165) is 97.8 Å². The highest BCUT2D eigenvalue weighted by Gasteiger charge is 2.30. The number of urea groups is 2. The first-order valence-corrected chi connectivity index (χ1v) is 19.7. The zero-order valence-electron chi connectivity index (χ0n) is 33.1. The zero-order chi connectivity index (χ0) is 38.4. The van der Waals surface area contributed by atoms with Crippen molar-refractivity contribution in [2.75, 3.05) is 44.0 Å². The molecule has 290 valence electrons. The molecule has 0 aliphatic carbocycles. The number of hydrogen-bond acceptors (Lipinski definition) is 5. The molecule has 0 radical (unpaired) electrons. The predicted octanol–water partition coefficient (Wildman–Crippen LogP) is 10.5. The number of rotatable bonds is 23. The number of nitrogens with zero attached hydrogens (tertiary/aromatic N) is 2. The van der Waals surface area contributed by atoms with E-state index >= 15 is 0 Å². The van der Waals surface area contributed by atoms with Crippen molar-refractivity contribution in [3.63, 3.8) is 0 Å². The van der Waals surface area contributed by atoms with Crippen LogP contribution in [-0.2, 0) is 20.7 Å². The minimum Gasteiger partial charge on any atom is -0.467 e. The molecule has 3 aromatic carbocycles. The highest BCUT2D eigenvalue weighted by Crippen LogP contribution is 2.27. The summed E-state index contributed by atoms with van der Waals surface area (Å²) in [6.45, 7) is 12.1. The number of aryl methyl sites for hydroxylation is 2. The van der Waals surface area contributed by atoms with Crippen molar-refractivity contribution in [1.29, 1.82) is 0 Å². The lowest BCUT2D eigenvalue weighted by Gasteiger charge is -2.36. The number of unbranched alkanes of at least 4 members (excludes halogenated alkanes) is 8. The van der Waals surface area contributed by atoms with Crippen molar-refractivity contribution in [2.45, 2.75) is 117 Å². The Morgan fingerprint density at radius 3 is 1.66 bits per heavy atom. The Morgan fingerprint density at radius 1 is 0.642 bits per heavy atom. The van der Waals surface area contributed by atoms with Crippen LogP contribution in [0.25, 0.3) is 0 Å². The molecule has 0 aliphatic rings. The standard InChI is InChI=1S/C44H64N4O5/c1-7-10-12-14-16-30-47(43(50)45-38-26-18-34(4)19-27-38)33-40(37-24-22-36(23-25-37)32-41(53-9-3)42(49)52-6)48(31-17-15-13-11-8-2)44(51)46-39-28-20-35(5)21-29-39/h18-29,40-41H,7-17,30-33H2,1-6H3,(H,45,50)(H,46,51). The fraction of sp³-hybridized carbons (Fsp3) is 0.523. The number of ether oxygens (including phenoxy) is 2. The Bertz CT molecular complexity index is 1490. The summed E-state index contributed by atoms with van der Waals surface area (Å²) in [4.78, 5) is 44.6. The maximum absolute atomic E-state index is 14.4. The number of esters is 1. The lowest BCUT2D eigenvalue weighted by molar-refractivity contribution is -0.153. The van der Waals surface area contributed by atoms with Crippen LogP contribution in [0.3, 0.4) is 0 Å². The van der Waals surface area contributed by atoms with Crippen LogP contribution < -0.4 is 10.6 Å². The molecule has 2 atom stereocenters. The van der Waals surface area contributed by atoms with E-state index in [4.69, 9.17) is 9.47 Å². The van der Waals surface area contributed by atoms with Crippen LogP contribution >= 0.6 is 0 Å². The van der Waals surface area contributed by atoms with Crippen molar-refractivity contribution < 1.29 is 23.9 Å². The van der Waals surface area contributed by atoms with Gasteiger partial charge in [-0.2, -0.15) is 0 Å². The highest BCUT2D eigenvalue weighted by molar-refractivity contribution is 5.91. The van der Waals surface area contributed by atoms with E-state index in [1.807, 2.05) is 103 Å². The Kier molecular flexibility index (Phi) is 19.5. The van der Waals surface area contributed by atoms with Crippen molar-refractivity contribution in [1.82, 2.24) is 9.80 Å². The Hall–Kier alpha value is -4.37.